The largest absolute Gasteiger partial charge is 0.508 e. The lowest BCUT2D eigenvalue weighted by Gasteiger charge is -2.34. The lowest BCUT2D eigenvalue weighted by Crippen LogP contribution is -2.44. The normalized spacial score (nSPS) is 23.4. The van der Waals surface area contributed by atoms with E-state index in [2.05, 4.69) is 17.1 Å². The number of hydrogen-bond donors (Lipinski definition) is 2. The first-order chi connectivity index (χ1) is 9.24. The van der Waals surface area contributed by atoms with Crippen LogP contribution in [0.1, 0.15) is 44.2 Å². The number of piperidine rings is 1. The molecule has 0 amide bonds. The van der Waals surface area contributed by atoms with E-state index in [4.69, 9.17) is 0 Å². The first kappa shape index (κ1) is 12.9. The monoisotopic (exact) mass is 260 g/mol. The van der Waals surface area contributed by atoms with Gasteiger partial charge in [-0.1, -0.05) is 18.2 Å². The number of likely N-dealkylation sites (tertiary alicyclic amines) is 1. The van der Waals surface area contributed by atoms with Crippen molar-refractivity contribution in [1.29, 1.82) is 0 Å². The fraction of sp³-hybridized carbons (Fsp3) is 0.625. The average molecular weight is 260 g/mol. The summed E-state index contributed by atoms with van der Waals surface area (Å²) in [6.45, 7) is 4.61. The van der Waals surface area contributed by atoms with Crippen molar-refractivity contribution in [3.63, 3.8) is 0 Å². The average Bonchev–Trinajstić information content (AvgIpc) is 3.24. The minimum absolute atomic E-state index is 0.221. The Bertz CT molecular complexity index is 423. The maximum Gasteiger partial charge on any atom is 0.120 e. The van der Waals surface area contributed by atoms with Crippen LogP contribution < -0.4 is 5.32 Å². The topological polar surface area (TPSA) is 35.5 Å². The molecule has 0 radical (unpaired) electrons. The smallest absolute Gasteiger partial charge is 0.120 e. The minimum Gasteiger partial charge on any atom is -0.508 e. The number of aromatic hydroxyl groups is 1. The van der Waals surface area contributed by atoms with E-state index in [1.165, 1.54) is 38.8 Å². The summed E-state index contributed by atoms with van der Waals surface area (Å²) in [4.78, 5) is 2.64. The molecule has 0 aromatic heterocycles. The van der Waals surface area contributed by atoms with E-state index < -0.39 is 0 Å². The molecule has 3 rings (SSSR count). The molecule has 1 aromatic rings. The molecule has 1 aliphatic carbocycles. The van der Waals surface area contributed by atoms with Crippen molar-refractivity contribution in [3.05, 3.63) is 29.8 Å². The van der Waals surface area contributed by atoms with Crippen molar-refractivity contribution in [3.8, 4) is 5.75 Å². The zero-order valence-electron chi connectivity index (χ0n) is 11.7. The van der Waals surface area contributed by atoms with Gasteiger partial charge in [-0.05, 0) is 51.8 Å². The van der Waals surface area contributed by atoms with E-state index in [9.17, 15) is 5.11 Å². The van der Waals surface area contributed by atoms with Crippen LogP contribution in [0, 0.1) is 0 Å². The Morgan fingerprint density at radius 2 is 1.84 bits per heavy atom. The van der Waals surface area contributed by atoms with Gasteiger partial charge in [0.25, 0.3) is 0 Å². The number of hydrogen-bond acceptors (Lipinski definition) is 3. The molecule has 2 aliphatic rings. The lowest BCUT2D eigenvalue weighted by atomic mass is 10.0. The van der Waals surface area contributed by atoms with Crippen LogP contribution in [0.3, 0.4) is 0 Å². The standard InChI is InChI=1S/C16H24N2O/c1-12(15-4-2-3-5-16(15)19)17-13-8-10-18(11-9-13)14-6-7-14/h2-5,12-14,17,19H,6-11H2,1H3. The highest BCUT2D eigenvalue weighted by Crippen LogP contribution is 2.30. The molecule has 1 aromatic carbocycles. The highest BCUT2D eigenvalue weighted by molar-refractivity contribution is 5.34. The summed E-state index contributed by atoms with van der Waals surface area (Å²) < 4.78 is 0. The second-order valence-corrected chi connectivity index (χ2v) is 5.99. The van der Waals surface area contributed by atoms with Crippen LogP contribution in [0.4, 0.5) is 0 Å². The Hall–Kier alpha value is -1.06. The van der Waals surface area contributed by atoms with Gasteiger partial charge < -0.3 is 15.3 Å². The maximum absolute atomic E-state index is 9.89. The number of benzene rings is 1. The molecule has 3 nitrogen and oxygen atoms in total. The number of phenolic OH excluding ortho intramolecular Hbond substituents is 1. The molecule has 2 N–H and O–H groups in total. The Labute approximate surface area is 115 Å². The van der Waals surface area contributed by atoms with Gasteiger partial charge in [0.1, 0.15) is 5.75 Å². The molecule has 19 heavy (non-hydrogen) atoms. The van der Waals surface area contributed by atoms with Crippen LogP contribution in [0.5, 0.6) is 5.75 Å². The van der Waals surface area contributed by atoms with Gasteiger partial charge in [0, 0.05) is 23.7 Å². The van der Waals surface area contributed by atoms with Crippen molar-refractivity contribution >= 4 is 0 Å². The summed E-state index contributed by atoms with van der Waals surface area (Å²) >= 11 is 0. The second kappa shape index (κ2) is 5.51. The number of phenols is 1. The summed E-state index contributed by atoms with van der Waals surface area (Å²) in [6, 6.07) is 9.35. The van der Waals surface area contributed by atoms with Gasteiger partial charge >= 0.3 is 0 Å². The molecule has 1 saturated heterocycles. The highest BCUT2D eigenvalue weighted by Gasteiger charge is 2.32. The third-order valence-corrected chi connectivity index (χ3v) is 4.48. The van der Waals surface area contributed by atoms with Gasteiger partial charge in [-0.2, -0.15) is 0 Å². The molecule has 1 saturated carbocycles. The third kappa shape index (κ3) is 3.10. The second-order valence-electron chi connectivity index (χ2n) is 5.99. The molecule has 3 heteroatoms. The molecular formula is C16H24N2O. The minimum atomic E-state index is 0.221. The van der Waals surface area contributed by atoms with E-state index >= 15 is 0 Å². The van der Waals surface area contributed by atoms with Gasteiger partial charge in [0.15, 0.2) is 0 Å². The lowest BCUT2D eigenvalue weighted by molar-refractivity contribution is 0.184. The quantitative estimate of drug-likeness (QED) is 0.873. The fourth-order valence-corrected chi connectivity index (χ4v) is 3.17. The number of nitrogens with one attached hydrogen (secondary N) is 1. The van der Waals surface area contributed by atoms with Crippen LogP contribution in [0.15, 0.2) is 24.3 Å². The van der Waals surface area contributed by atoms with Gasteiger partial charge in [0.05, 0.1) is 0 Å². The van der Waals surface area contributed by atoms with Gasteiger partial charge in [-0.3, -0.25) is 0 Å². The highest BCUT2D eigenvalue weighted by atomic mass is 16.3. The zero-order chi connectivity index (χ0) is 13.2. The Kier molecular flexibility index (Phi) is 3.76. The van der Waals surface area contributed by atoms with Crippen LogP contribution in [-0.4, -0.2) is 35.2 Å². The first-order valence-corrected chi connectivity index (χ1v) is 7.52. The van der Waals surface area contributed by atoms with E-state index in [0.29, 0.717) is 11.8 Å². The molecule has 0 bridgehead atoms. The molecule has 1 atom stereocenters. The Balaban J connectivity index is 1.52. The van der Waals surface area contributed by atoms with E-state index in [1.807, 2.05) is 18.2 Å². The van der Waals surface area contributed by atoms with E-state index in [1.54, 1.807) is 6.07 Å². The summed E-state index contributed by atoms with van der Waals surface area (Å²) in [5.41, 5.74) is 1.01. The van der Waals surface area contributed by atoms with Crippen LogP contribution >= 0.6 is 0 Å². The Morgan fingerprint density at radius 3 is 2.47 bits per heavy atom. The molecular weight excluding hydrogens is 236 g/mol. The Morgan fingerprint density at radius 1 is 1.16 bits per heavy atom. The molecule has 1 aliphatic heterocycles. The SMILES string of the molecule is CC(NC1CCN(C2CC2)CC1)c1ccccc1O. The summed E-state index contributed by atoms with van der Waals surface area (Å²) in [6.07, 6.45) is 5.28. The van der Waals surface area contributed by atoms with Crippen molar-refractivity contribution in [1.82, 2.24) is 10.2 Å². The van der Waals surface area contributed by atoms with E-state index in [0.717, 1.165) is 11.6 Å². The summed E-state index contributed by atoms with van der Waals surface area (Å²) in [7, 11) is 0. The van der Waals surface area contributed by atoms with Crippen molar-refractivity contribution < 1.29 is 5.11 Å². The molecule has 1 unspecified atom stereocenters. The summed E-state index contributed by atoms with van der Waals surface area (Å²) in [5, 5.41) is 13.6. The molecule has 0 spiro atoms. The number of nitrogens with zero attached hydrogens (tertiary/aromatic N) is 1. The van der Waals surface area contributed by atoms with Crippen LogP contribution in [-0.2, 0) is 0 Å². The number of para-hydroxylation sites is 1. The first-order valence-electron chi connectivity index (χ1n) is 7.52. The van der Waals surface area contributed by atoms with Gasteiger partial charge in [-0.15, -0.1) is 0 Å². The van der Waals surface area contributed by atoms with Crippen molar-refractivity contribution in [2.45, 2.75) is 50.7 Å². The third-order valence-electron chi connectivity index (χ3n) is 4.48. The maximum atomic E-state index is 9.89. The summed E-state index contributed by atoms with van der Waals surface area (Å²) in [5.74, 6) is 0.401. The van der Waals surface area contributed by atoms with E-state index in [-0.39, 0.29) is 6.04 Å². The molecule has 1 heterocycles. The molecule has 104 valence electrons. The number of rotatable bonds is 4. The van der Waals surface area contributed by atoms with Crippen LogP contribution in [0.25, 0.3) is 0 Å². The molecule has 2 fully saturated rings. The predicted molar refractivity (Wildman–Crippen MR) is 77.3 cm³/mol. The van der Waals surface area contributed by atoms with Crippen molar-refractivity contribution in [2.75, 3.05) is 13.1 Å². The predicted octanol–water partition coefficient (Wildman–Crippen LogP) is 2.67. The fourth-order valence-electron chi connectivity index (χ4n) is 3.17. The van der Waals surface area contributed by atoms with Gasteiger partial charge in [0.2, 0.25) is 0 Å². The zero-order valence-corrected chi connectivity index (χ0v) is 11.7. The van der Waals surface area contributed by atoms with Crippen molar-refractivity contribution in [2.24, 2.45) is 0 Å². The van der Waals surface area contributed by atoms with Crippen LogP contribution in [0.2, 0.25) is 0 Å². The van der Waals surface area contributed by atoms with Gasteiger partial charge in [-0.25, -0.2) is 0 Å².